The highest BCUT2D eigenvalue weighted by molar-refractivity contribution is 4.90. The molecule has 4 atom stereocenters. The van der Waals surface area contributed by atoms with Gasteiger partial charge in [0.25, 0.3) is 0 Å². The van der Waals surface area contributed by atoms with E-state index in [0.29, 0.717) is 0 Å². The second-order valence-electron chi connectivity index (χ2n) is 7.76. The van der Waals surface area contributed by atoms with Gasteiger partial charge in [0.15, 0.2) is 0 Å². The largest absolute Gasteiger partial charge is 0.311 e. The van der Waals surface area contributed by atoms with Crippen molar-refractivity contribution < 1.29 is 0 Å². The lowest BCUT2D eigenvalue weighted by Gasteiger charge is -2.42. The summed E-state index contributed by atoms with van der Waals surface area (Å²) in [6.07, 6.45) is 11.6. The Hall–Kier alpha value is -0.0400. The summed E-state index contributed by atoms with van der Waals surface area (Å²) in [6, 6.07) is 1.61. The van der Waals surface area contributed by atoms with Gasteiger partial charge >= 0.3 is 0 Å². The monoisotopic (exact) mass is 265 g/mol. The summed E-state index contributed by atoms with van der Waals surface area (Å²) >= 11 is 0. The molecule has 19 heavy (non-hydrogen) atoms. The molecule has 1 heteroatoms. The van der Waals surface area contributed by atoms with Gasteiger partial charge in [-0.3, -0.25) is 0 Å². The predicted molar refractivity (Wildman–Crippen MR) is 84.3 cm³/mol. The zero-order chi connectivity index (χ0) is 13.8. The maximum atomic E-state index is 4.12. The molecule has 0 bridgehead atoms. The minimum absolute atomic E-state index is 0.804. The third kappa shape index (κ3) is 3.97. The second kappa shape index (κ2) is 7.11. The summed E-state index contributed by atoms with van der Waals surface area (Å²) in [7, 11) is 0. The molecule has 0 amide bonds. The van der Waals surface area contributed by atoms with E-state index in [1.165, 1.54) is 51.4 Å². The molecular formula is C18H35N. The van der Waals surface area contributed by atoms with Gasteiger partial charge < -0.3 is 5.32 Å². The molecule has 2 fully saturated rings. The van der Waals surface area contributed by atoms with Crippen molar-refractivity contribution in [3.63, 3.8) is 0 Å². The van der Waals surface area contributed by atoms with Crippen LogP contribution in [0.1, 0.15) is 79.1 Å². The van der Waals surface area contributed by atoms with Gasteiger partial charge in [-0.05, 0) is 49.4 Å². The first kappa shape index (κ1) is 15.4. The van der Waals surface area contributed by atoms with Crippen molar-refractivity contribution in [2.75, 3.05) is 0 Å². The zero-order valence-corrected chi connectivity index (χ0v) is 13.6. The van der Waals surface area contributed by atoms with Crippen LogP contribution in [-0.4, -0.2) is 12.1 Å². The Balaban J connectivity index is 1.96. The Bertz CT molecular complexity index is 232. The second-order valence-corrected chi connectivity index (χ2v) is 7.76. The smallest absolute Gasteiger partial charge is 0.0100 e. The zero-order valence-electron chi connectivity index (χ0n) is 13.6. The highest BCUT2D eigenvalue weighted by atomic mass is 15.0. The first-order valence-corrected chi connectivity index (χ1v) is 8.85. The minimum Gasteiger partial charge on any atom is -0.311 e. The molecule has 0 spiro atoms. The van der Waals surface area contributed by atoms with E-state index in [0.717, 1.165) is 35.8 Å². The third-order valence-corrected chi connectivity index (χ3v) is 5.78. The minimum atomic E-state index is 0.804. The maximum absolute atomic E-state index is 4.12. The fraction of sp³-hybridized carbons (Fsp3) is 1.00. The summed E-state index contributed by atoms with van der Waals surface area (Å²) < 4.78 is 0. The average molecular weight is 265 g/mol. The van der Waals surface area contributed by atoms with Crippen LogP contribution in [0.15, 0.2) is 0 Å². The van der Waals surface area contributed by atoms with Gasteiger partial charge in [0.05, 0.1) is 0 Å². The number of hydrogen-bond donors (Lipinski definition) is 1. The molecule has 0 saturated heterocycles. The standard InChI is InChI=1S/C18H35N/c1-13(2)15-9-5-7-11-17(15)19-18-12-8-6-10-16(18)14(3)4/h13-19H,5-12H2,1-4H3/t15-,16-,17-,18-/m1/s1. The van der Waals surface area contributed by atoms with Crippen molar-refractivity contribution in [2.45, 2.75) is 91.1 Å². The van der Waals surface area contributed by atoms with Crippen LogP contribution in [-0.2, 0) is 0 Å². The van der Waals surface area contributed by atoms with Gasteiger partial charge in [0, 0.05) is 12.1 Å². The van der Waals surface area contributed by atoms with Crippen LogP contribution in [0.25, 0.3) is 0 Å². The molecule has 2 aliphatic rings. The van der Waals surface area contributed by atoms with Crippen LogP contribution in [0.5, 0.6) is 0 Å². The predicted octanol–water partition coefficient (Wildman–Crippen LogP) is 5.01. The molecule has 0 heterocycles. The van der Waals surface area contributed by atoms with Gasteiger partial charge in [-0.25, -0.2) is 0 Å². The first-order chi connectivity index (χ1) is 9.09. The van der Waals surface area contributed by atoms with Crippen LogP contribution in [0.2, 0.25) is 0 Å². The van der Waals surface area contributed by atoms with Gasteiger partial charge in [-0.2, -0.15) is 0 Å². The molecule has 2 rings (SSSR count). The van der Waals surface area contributed by atoms with Gasteiger partial charge in [-0.15, -0.1) is 0 Å². The third-order valence-electron chi connectivity index (χ3n) is 5.78. The number of rotatable bonds is 4. The molecule has 0 aromatic carbocycles. The Labute approximate surface area is 120 Å². The van der Waals surface area contributed by atoms with Crippen molar-refractivity contribution in [1.82, 2.24) is 5.32 Å². The molecule has 0 aromatic heterocycles. The lowest BCUT2D eigenvalue weighted by molar-refractivity contribution is 0.137. The van der Waals surface area contributed by atoms with Crippen LogP contribution >= 0.6 is 0 Å². The van der Waals surface area contributed by atoms with Crippen LogP contribution in [0.4, 0.5) is 0 Å². The fourth-order valence-electron chi connectivity index (χ4n) is 4.60. The molecular weight excluding hydrogens is 230 g/mol. The van der Waals surface area contributed by atoms with Crippen LogP contribution in [0, 0.1) is 23.7 Å². The normalized spacial score (nSPS) is 36.9. The summed E-state index contributed by atoms with van der Waals surface area (Å²) in [6.45, 7) is 9.69. The molecule has 112 valence electrons. The van der Waals surface area contributed by atoms with E-state index in [4.69, 9.17) is 0 Å². The summed E-state index contributed by atoms with van der Waals surface area (Å²) in [4.78, 5) is 0. The van der Waals surface area contributed by atoms with E-state index in [-0.39, 0.29) is 0 Å². The Morgan fingerprint density at radius 2 is 1.00 bits per heavy atom. The topological polar surface area (TPSA) is 12.0 Å². The van der Waals surface area contributed by atoms with E-state index in [1.807, 2.05) is 0 Å². The average Bonchev–Trinajstić information content (AvgIpc) is 2.39. The van der Waals surface area contributed by atoms with E-state index >= 15 is 0 Å². The highest BCUT2D eigenvalue weighted by Gasteiger charge is 2.33. The van der Waals surface area contributed by atoms with E-state index in [2.05, 4.69) is 33.0 Å². The summed E-state index contributed by atoms with van der Waals surface area (Å²) in [5.74, 6) is 3.53. The van der Waals surface area contributed by atoms with Crippen LogP contribution in [0.3, 0.4) is 0 Å². The number of hydrogen-bond acceptors (Lipinski definition) is 1. The molecule has 0 radical (unpaired) electrons. The van der Waals surface area contributed by atoms with Gasteiger partial charge in [-0.1, -0.05) is 53.4 Å². The fourth-order valence-corrected chi connectivity index (χ4v) is 4.60. The van der Waals surface area contributed by atoms with Crippen LogP contribution < -0.4 is 5.32 Å². The molecule has 0 aromatic rings. The number of nitrogens with one attached hydrogen (secondary N) is 1. The molecule has 1 nitrogen and oxygen atoms in total. The van der Waals surface area contributed by atoms with Crippen molar-refractivity contribution in [3.8, 4) is 0 Å². The molecule has 0 aliphatic heterocycles. The molecule has 1 N–H and O–H groups in total. The van der Waals surface area contributed by atoms with Crippen molar-refractivity contribution >= 4 is 0 Å². The van der Waals surface area contributed by atoms with Crippen molar-refractivity contribution in [1.29, 1.82) is 0 Å². The summed E-state index contributed by atoms with van der Waals surface area (Å²) in [5, 5.41) is 4.12. The van der Waals surface area contributed by atoms with Crippen molar-refractivity contribution in [3.05, 3.63) is 0 Å². The highest BCUT2D eigenvalue weighted by Crippen LogP contribution is 2.34. The summed E-state index contributed by atoms with van der Waals surface area (Å²) in [5.41, 5.74) is 0. The first-order valence-electron chi connectivity index (χ1n) is 8.85. The molecule has 2 saturated carbocycles. The Morgan fingerprint density at radius 1 is 0.632 bits per heavy atom. The quantitative estimate of drug-likeness (QED) is 0.754. The van der Waals surface area contributed by atoms with E-state index in [1.54, 1.807) is 0 Å². The lowest BCUT2D eigenvalue weighted by Crippen LogP contribution is -2.50. The Kier molecular flexibility index (Phi) is 5.74. The lowest BCUT2D eigenvalue weighted by atomic mass is 9.74. The SMILES string of the molecule is CC(C)[C@H]1CCCC[C@H]1N[C@@H]1CCCC[C@@H]1C(C)C. The maximum Gasteiger partial charge on any atom is 0.0100 e. The van der Waals surface area contributed by atoms with Crippen molar-refractivity contribution in [2.24, 2.45) is 23.7 Å². The molecule has 2 aliphatic carbocycles. The Morgan fingerprint density at radius 3 is 1.37 bits per heavy atom. The van der Waals surface area contributed by atoms with E-state index < -0.39 is 0 Å². The molecule has 0 unspecified atom stereocenters. The van der Waals surface area contributed by atoms with Gasteiger partial charge in [0.1, 0.15) is 0 Å². The van der Waals surface area contributed by atoms with E-state index in [9.17, 15) is 0 Å². The van der Waals surface area contributed by atoms with Gasteiger partial charge in [0.2, 0.25) is 0 Å².